The highest BCUT2D eigenvalue weighted by atomic mass is 35.5. The molecule has 1 heterocycles. The minimum atomic E-state index is 0.466. The second kappa shape index (κ2) is 5.27. The topological polar surface area (TPSA) is 37.8 Å². The standard InChI is InChI=1S/C12H16ClN3S/c1-7-8(2)12(16-15-11(7)13)14-6-10(17)5-9-3-4-9/h9H,3-6H2,1-2H3,(H,14,16). The summed E-state index contributed by atoms with van der Waals surface area (Å²) in [6, 6.07) is 0. The largest absolute Gasteiger partial charge is 0.364 e. The quantitative estimate of drug-likeness (QED) is 0.832. The van der Waals surface area contributed by atoms with Crippen LogP contribution in [0.4, 0.5) is 5.82 Å². The van der Waals surface area contributed by atoms with Crippen molar-refractivity contribution in [1.29, 1.82) is 0 Å². The predicted octanol–water partition coefficient (Wildman–Crippen LogP) is 3.33. The summed E-state index contributed by atoms with van der Waals surface area (Å²) in [5.74, 6) is 1.62. The highest BCUT2D eigenvalue weighted by Gasteiger charge is 2.22. The Morgan fingerprint density at radius 2 is 2.06 bits per heavy atom. The zero-order chi connectivity index (χ0) is 12.4. The van der Waals surface area contributed by atoms with Crippen molar-refractivity contribution < 1.29 is 0 Å². The molecule has 0 atom stereocenters. The predicted molar refractivity (Wildman–Crippen MR) is 74.9 cm³/mol. The van der Waals surface area contributed by atoms with Gasteiger partial charge < -0.3 is 5.32 Å². The van der Waals surface area contributed by atoms with Crippen LogP contribution in [-0.4, -0.2) is 21.6 Å². The average Bonchev–Trinajstić information content (AvgIpc) is 3.09. The lowest BCUT2D eigenvalue weighted by Crippen LogP contribution is -2.15. The van der Waals surface area contributed by atoms with Gasteiger partial charge in [-0.15, -0.1) is 10.2 Å². The van der Waals surface area contributed by atoms with Gasteiger partial charge in [0.15, 0.2) is 11.0 Å². The van der Waals surface area contributed by atoms with Crippen LogP contribution in [0.2, 0.25) is 5.15 Å². The van der Waals surface area contributed by atoms with Crippen LogP contribution in [0.5, 0.6) is 0 Å². The third-order valence-electron chi connectivity index (χ3n) is 3.13. The summed E-state index contributed by atoms with van der Waals surface area (Å²) in [6.45, 7) is 4.63. The molecule has 2 rings (SSSR count). The summed E-state index contributed by atoms with van der Waals surface area (Å²) in [5, 5.41) is 11.7. The molecule has 0 spiro atoms. The number of thiocarbonyl (C=S) groups is 1. The Labute approximate surface area is 112 Å². The minimum Gasteiger partial charge on any atom is -0.364 e. The fraction of sp³-hybridized carbons (Fsp3) is 0.583. The van der Waals surface area contributed by atoms with Crippen LogP contribution >= 0.6 is 23.8 Å². The van der Waals surface area contributed by atoms with Gasteiger partial charge in [0, 0.05) is 11.4 Å². The molecule has 1 aromatic rings. The average molecular weight is 270 g/mol. The van der Waals surface area contributed by atoms with Crippen molar-refractivity contribution in [3.8, 4) is 0 Å². The number of aromatic nitrogens is 2. The van der Waals surface area contributed by atoms with Gasteiger partial charge in [0.05, 0.1) is 0 Å². The van der Waals surface area contributed by atoms with E-state index >= 15 is 0 Å². The second-order valence-corrected chi connectivity index (χ2v) is 5.56. The van der Waals surface area contributed by atoms with E-state index in [2.05, 4.69) is 15.5 Å². The third-order valence-corrected chi connectivity index (χ3v) is 3.80. The lowest BCUT2D eigenvalue weighted by Gasteiger charge is -2.10. The van der Waals surface area contributed by atoms with Gasteiger partial charge in [0.2, 0.25) is 0 Å². The highest BCUT2D eigenvalue weighted by molar-refractivity contribution is 7.80. The Balaban J connectivity index is 1.94. The number of anilines is 1. The van der Waals surface area contributed by atoms with Crippen LogP contribution in [0, 0.1) is 19.8 Å². The molecule has 0 aliphatic heterocycles. The second-order valence-electron chi connectivity index (χ2n) is 4.63. The first-order valence-corrected chi connectivity index (χ1v) is 6.61. The fourth-order valence-corrected chi connectivity index (χ4v) is 2.13. The lowest BCUT2D eigenvalue weighted by atomic mass is 10.2. The zero-order valence-electron chi connectivity index (χ0n) is 10.1. The van der Waals surface area contributed by atoms with E-state index in [0.717, 1.165) is 34.1 Å². The molecule has 1 aromatic heterocycles. The van der Waals surface area contributed by atoms with Crippen molar-refractivity contribution in [3.63, 3.8) is 0 Å². The van der Waals surface area contributed by atoms with Gasteiger partial charge in [-0.05, 0) is 50.2 Å². The van der Waals surface area contributed by atoms with Crippen molar-refractivity contribution in [3.05, 3.63) is 16.3 Å². The molecule has 17 heavy (non-hydrogen) atoms. The number of nitrogens with one attached hydrogen (secondary N) is 1. The minimum absolute atomic E-state index is 0.466. The Kier molecular flexibility index (Phi) is 3.94. The van der Waals surface area contributed by atoms with Crippen molar-refractivity contribution in [2.75, 3.05) is 11.9 Å². The fourth-order valence-electron chi connectivity index (χ4n) is 1.64. The number of hydrogen-bond acceptors (Lipinski definition) is 4. The van der Waals surface area contributed by atoms with Gasteiger partial charge in [-0.2, -0.15) is 0 Å². The first-order valence-electron chi connectivity index (χ1n) is 5.83. The van der Waals surface area contributed by atoms with Crippen LogP contribution in [0.15, 0.2) is 0 Å². The molecule has 1 aliphatic rings. The number of hydrogen-bond donors (Lipinski definition) is 1. The molecule has 0 amide bonds. The molecule has 3 nitrogen and oxygen atoms in total. The third kappa shape index (κ3) is 3.36. The van der Waals surface area contributed by atoms with Crippen LogP contribution < -0.4 is 5.32 Å². The maximum absolute atomic E-state index is 5.90. The van der Waals surface area contributed by atoms with Crippen molar-refractivity contribution in [2.24, 2.45) is 5.92 Å². The summed E-state index contributed by atoms with van der Waals surface area (Å²) in [7, 11) is 0. The molecular formula is C12H16ClN3S. The van der Waals surface area contributed by atoms with Gasteiger partial charge in [-0.3, -0.25) is 0 Å². The summed E-state index contributed by atoms with van der Waals surface area (Å²) < 4.78 is 0. The molecule has 0 radical (unpaired) electrons. The van der Waals surface area contributed by atoms with Crippen molar-refractivity contribution >= 4 is 34.5 Å². The molecule has 0 aromatic carbocycles. The van der Waals surface area contributed by atoms with E-state index in [0.29, 0.717) is 11.7 Å². The van der Waals surface area contributed by atoms with E-state index in [1.807, 2.05) is 13.8 Å². The number of halogens is 1. The molecule has 1 saturated carbocycles. The van der Waals surface area contributed by atoms with Crippen LogP contribution in [0.1, 0.15) is 30.4 Å². The summed E-state index contributed by atoms with van der Waals surface area (Å²) >= 11 is 11.2. The van der Waals surface area contributed by atoms with Crippen LogP contribution in [0.3, 0.4) is 0 Å². The van der Waals surface area contributed by atoms with Gasteiger partial charge in [0.1, 0.15) is 0 Å². The lowest BCUT2D eigenvalue weighted by molar-refractivity contribution is 0.895. The molecule has 5 heteroatoms. The Morgan fingerprint density at radius 1 is 1.35 bits per heavy atom. The molecule has 0 unspecified atom stereocenters. The van der Waals surface area contributed by atoms with Gasteiger partial charge in [-0.1, -0.05) is 23.8 Å². The van der Waals surface area contributed by atoms with E-state index < -0.39 is 0 Å². The van der Waals surface area contributed by atoms with Gasteiger partial charge in [0.25, 0.3) is 0 Å². The Morgan fingerprint density at radius 3 is 2.71 bits per heavy atom. The van der Waals surface area contributed by atoms with E-state index in [9.17, 15) is 0 Å². The maximum Gasteiger partial charge on any atom is 0.155 e. The molecule has 0 bridgehead atoms. The zero-order valence-corrected chi connectivity index (χ0v) is 11.7. The monoisotopic (exact) mass is 269 g/mol. The first kappa shape index (κ1) is 12.7. The Hall–Kier alpha value is -0.740. The Bertz CT molecular complexity index is 444. The SMILES string of the molecule is Cc1c(Cl)nnc(NCC(=S)CC2CC2)c1C. The normalized spacial score (nSPS) is 14.8. The van der Waals surface area contributed by atoms with E-state index in [-0.39, 0.29) is 0 Å². The number of nitrogens with zero attached hydrogens (tertiary/aromatic N) is 2. The highest BCUT2D eigenvalue weighted by Crippen LogP contribution is 2.32. The van der Waals surface area contributed by atoms with Crippen molar-refractivity contribution in [1.82, 2.24) is 10.2 Å². The first-order chi connectivity index (χ1) is 8.08. The summed E-state index contributed by atoms with van der Waals surface area (Å²) in [5.41, 5.74) is 2.01. The molecule has 0 saturated heterocycles. The van der Waals surface area contributed by atoms with Crippen LogP contribution in [0.25, 0.3) is 0 Å². The number of rotatable bonds is 5. The van der Waals surface area contributed by atoms with E-state index in [4.69, 9.17) is 23.8 Å². The van der Waals surface area contributed by atoms with E-state index in [1.54, 1.807) is 0 Å². The molecular weight excluding hydrogens is 254 g/mol. The van der Waals surface area contributed by atoms with E-state index in [1.165, 1.54) is 12.8 Å². The molecule has 1 N–H and O–H groups in total. The molecule has 92 valence electrons. The smallest absolute Gasteiger partial charge is 0.155 e. The van der Waals surface area contributed by atoms with Crippen LogP contribution in [-0.2, 0) is 0 Å². The van der Waals surface area contributed by atoms with Gasteiger partial charge in [-0.25, -0.2) is 0 Å². The molecule has 1 aliphatic carbocycles. The van der Waals surface area contributed by atoms with Crippen molar-refractivity contribution in [2.45, 2.75) is 33.1 Å². The maximum atomic E-state index is 5.90. The van der Waals surface area contributed by atoms with Gasteiger partial charge >= 0.3 is 0 Å². The summed E-state index contributed by atoms with van der Waals surface area (Å²) in [6.07, 6.45) is 3.72. The molecule has 1 fully saturated rings. The summed E-state index contributed by atoms with van der Waals surface area (Å²) in [4.78, 5) is 1.07.